The first-order chi connectivity index (χ1) is 5.49. The molecule has 0 bridgehead atoms. The summed E-state index contributed by atoms with van der Waals surface area (Å²) in [5.41, 5.74) is 10.8. The standard InChI is InChI=1S/C6H12I2N2O2/c7-3(2-9)1-4(8)5(10)6(11)12/h3-5H,1-2,9-10H2,(H,11,12)/t3?,4?,5-/m0/s1. The number of hydrogen-bond donors (Lipinski definition) is 3. The van der Waals surface area contributed by atoms with E-state index in [9.17, 15) is 4.79 Å². The van der Waals surface area contributed by atoms with E-state index in [4.69, 9.17) is 16.6 Å². The van der Waals surface area contributed by atoms with Crippen molar-refractivity contribution in [1.82, 2.24) is 0 Å². The Balaban J connectivity index is 3.86. The van der Waals surface area contributed by atoms with Crippen molar-refractivity contribution in [2.45, 2.75) is 20.3 Å². The van der Waals surface area contributed by atoms with Gasteiger partial charge in [-0.15, -0.1) is 0 Å². The molecule has 0 aliphatic rings. The minimum absolute atomic E-state index is 0.0504. The Labute approximate surface area is 98.7 Å². The predicted octanol–water partition coefficient (Wildman–Crippen LogP) is 0.354. The summed E-state index contributed by atoms with van der Waals surface area (Å²) >= 11 is 4.25. The fraction of sp³-hybridized carbons (Fsp3) is 0.833. The highest BCUT2D eigenvalue weighted by Gasteiger charge is 2.23. The van der Waals surface area contributed by atoms with E-state index in [-0.39, 0.29) is 3.92 Å². The van der Waals surface area contributed by atoms with E-state index in [2.05, 4.69) is 45.2 Å². The fourth-order valence-corrected chi connectivity index (χ4v) is 3.08. The number of carbonyl (C=O) groups is 1. The molecular formula is C6H12I2N2O2. The van der Waals surface area contributed by atoms with Crippen LogP contribution in [0.15, 0.2) is 0 Å². The Bertz CT molecular complexity index is 156. The fourth-order valence-electron chi connectivity index (χ4n) is 0.642. The van der Waals surface area contributed by atoms with E-state index in [0.29, 0.717) is 10.5 Å². The lowest BCUT2D eigenvalue weighted by Crippen LogP contribution is -2.40. The summed E-state index contributed by atoms with van der Waals surface area (Å²) < 4.78 is 0.250. The van der Waals surface area contributed by atoms with E-state index < -0.39 is 12.0 Å². The van der Waals surface area contributed by atoms with Crippen LogP contribution in [0.5, 0.6) is 0 Å². The summed E-state index contributed by atoms with van der Waals surface area (Å²) in [5, 5.41) is 8.57. The average Bonchev–Trinajstić information content (AvgIpc) is 2.02. The van der Waals surface area contributed by atoms with Crippen molar-refractivity contribution in [1.29, 1.82) is 0 Å². The Morgan fingerprint density at radius 3 is 2.33 bits per heavy atom. The predicted molar refractivity (Wildman–Crippen MR) is 64.9 cm³/mol. The second-order valence-corrected chi connectivity index (χ2v) is 5.81. The first-order valence-corrected chi connectivity index (χ1v) is 5.94. The molecular weight excluding hydrogens is 386 g/mol. The third-order valence-electron chi connectivity index (χ3n) is 1.41. The molecule has 12 heavy (non-hydrogen) atoms. The minimum atomic E-state index is -0.949. The number of halogens is 2. The van der Waals surface area contributed by atoms with Gasteiger partial charge in [0.15, 0.2) is 0 Å². The quantitative estimate of drug-likeness (QED) is 0.461. The molecule has 0 fully saturated rings. The first kappa shape index (κ1) is 12.8. The molecule has 5 N–H and O–H groups in total. The van der Waals surface area contributed by atoms with E-state index in [1.165, 1.54) is 0 Å². The number of carboxylic acid groups (broad SMARTS) is 1. The van der Waals surface area contributed by atoms with E-state index in [0.717, 1.165) is 6.42 Å². The second-order valence-electron chi connectivity index (χ2n) is 2.45. The molecule has 0 amide bonds. The first-order valence-electron chi connectivity index (χ1n) is 3.45. The molecule has 0 spiro atoms. The Hall–Kier alpha value is 0.850. The lowest BCUT2D eigenvalue weighted by atomic mass is 10.1. The van der Waals surface area contributed by atoms with Gasteiger partial charge in [-0.3, -0.25) is 4.79 Å². The molecule has 0 aromatic carbocycles. The smallest absolute Gasteiger partial charge is 0.321 e. The Kier molecular flexibility index (Phi) is 6.77. The molecule has 0 rings (SSSR count). The molecule has 2 unspecified atom stereocenters. The van der Waals surface area contributed by atoms with Gasteiger partial charge in [-0.2, -0.15) is 0 Å². The molecule has 0 aromatic rings. The van der Waals surface area contributed by atoms with Crippen molar-refractivity contribution in [3.8, 4) is 0 Å². The number of nitrogens with two attached hydrogens (primary N) is 2. The van der Waals surface area contributed by atoms with Crippen LogP contribution in [-0.4, -0.2) is 31.5 Å². The number of rotatable bonds is 5. The highest BCUT2D eigenvalue weighted by atomic mass is 127. The van der Waals surface area contributed by atoms with Gasteiger partial charge >= 0.3 is 5.97 Å². The minimum Gasteiger partial charge on any atom is -0.480 e. The zero-order valence-corrected chi connectivity index (χ0v) is 10.7. The third-order valence-corrected chi connectivity index (χ3v) is 3.71. The highest BCUT2D eigenvalue weighted by molar-refractivity contribution is 14.1. The Morgan fingerprint density at radius 2 is 2.00 bits per heavy atom. The van der Waals surface area contributed by atoms with E-state index in [1.807, 2.05) is 0 Å². The van der Waals surface area contributed by atoms with Gasteiger partial charge in [0.1, 0.15) is 6.04 Å². The molecule has 4 nitrogen and oxygen atoms in total. The number of carboxylic acids is 1. The zero-order chi connectivity index (χ0) is 9.72. The van der Waals surface area contributed by atoms with Crippen LogP contribution in [0.2, 0.25) is 0 Å². The summed E-state index contributed by atoms with van der Waals surface area (Å²) in [6.07, 6.45) is 0.741. The van der Waals surface area contributed by atoms with Crippen LogP contribution < -0.4 is 11.5 Å². The molecule has 0 saturated carbocycles. The van der Waals surface area contributed by atoms with Gasteiger partial charge in [0.05, 0.1) is 0 Å². The maximum absolute atomic E-state index is 10.4. The number of hydrogen-bond acceptors (Lipinski definition) is 3. The van der Waals surface area contributed by atoms with Gasteiger partial charge < -0.3 is 16.6 Å². The zero-order valence-electron chi connectivity index (χ0n) is 6.41. The van der Waals surface area contributed by atoms with Crippen molar-refractivity contribution in [2.75, 3.05) is 6.54 Å². The summed E-state index contributed by atoms with van der Waals surface area (Å²) in [5.74, 6) is -0.949. The topological polar surface area (TPSA) is 89.3 Å². The maximum Gasteiger partial charge on any atom is 0.321 e. The van der Waals surface area contributed by atoms with Crippen LogP contribution in [0.3, 0.4) is 0 Å². The average molecular weight is 398 g/mol. The van der Waals surface area contributed by atoms with Crippen molar-refractivity contribution in [3.63, 3.8) is 0 Å². The maximum atomic E-state index is 10.4. The van der Waals surface area contributed by atoms with Crippen molar-refractivity contribution in [3.05, 3.63) is 0 Å². The van der Waals surface area contributed by atoms with E-state index in [1.54, 1.807) is 0 Å². The van der Waals surface area contributed by atoms with Crippen LogP contribution in [0.25, 0.3) is 0 Å². The summed E-state index contributed by atoms with van der Waals surface area (Å²) in [6, 6.07) is -0.783. The summed E-state index contributed by atoms with van der Waals surface area (Å²) in [7, 11) is 0. The van der Waals surface area contributed by atoms with Crippen molar-refractivity contribution in [2.24, 2.45) is 11.5 Å². The van der Waals surface area contributed by atoms with Gasteiger partial charge in [-0.05, 0) is 6.42 Å². The number of alkyl halides is 2. The van der Waals surface area contributed by atoms with Crippen molar-refractivity contribution < 1.29 is 9.90 Å². The van der Waals surface area contributed by atoms with Crippen LogP contribution in [0.4, 0.5) is 0 Å². The van der Waals surface area contributed by atoms with Crippen LogP contribution in [-0.2, 0) is 4.79 Å². The molecule has 0 aliphatic heterocycles. The molecule has 0 radical (unpaired) electrons. The van der Waals surface area contributed by atoms with Crippen LogP contribution in [0.1, 0.15) is 6.42 Å². The highest BCUT2D eigenvalue weighted by Crippen LogP contribution is 2.16. The SMILES string of the molecule is NCC(I)CC(I)[C@H](N)C(=O)O. The normalized spacial score (nSPS) is 18.3. The molecule has 6 heteroatoms. The van der Waals surface area contributed by atoms with Crippen molar-refractivity contribution >= 4 is 51.2 Å². The van der Waals surface area contributed by atoms with E-state index >= 15 is 0 Å². The lowest BCUT2D eigenvalue weighted by molar-refractivity contribution is -0.138. The van der Waals surface area contributed by atoms with Gasteiger partial charge in [0, 0.05) is 14.4 Å². The molecule has 72 valence electrons. The van der Waals surface area contributed by atoms with Gasteiger partial charge in [0.25, 0.3) is 0 Å². The molecule has 0 aliphatic carbocycles. The third kappa shape index (κ3) is 4.77. The summed E-state index contributed by atoms with van der Waals surface area (Å²) in [6.45, 7) is 0.562. The Morgan fingerprint density at radius 1 is 1.50 bits per heavy atom. The van der Waals surface area contributed by atoms with Gasteiger partial charge in [-0.25, -0.2) is 0 Å². The molecule has 0 aromatic heterocycles. The molecule has 0 saturated heterocycles. The van der Waals surface area contributed by atoms with Gasteiger partial charge in [0.2, 0.25) is 0 Å². The van der Waals surface area contributed by atoms with Crippen LogP contribution >= 0.6 is 45.2 Å². The number of aliphatic carboxylic acids is 1. The van der Waals surface area contributed by atoms with Gasteiger partial charge in [-0.1, -0.05) is 45.2 Å². The monoisotopic (exact) mass is 398 g/mol. The second kappa shape index (κ2) is 6.33. The summed E-state index contributed by atoms with van der Waals surface area (Å²) in [4.78, 5) is 10.4. The molecule has 0 heterocycles. The molecule has 3 atom stereocenters. The lowest BCUT2D eigenvalue weighted by Gasteiger charge is -2.16. The van der Waals surface area contributed by atoms with Crippen LogP contribution in [0, 0.1) is 0 Å². The largest absolute Gasteiger partial charge is 0.480 e.